The SMILES string of the molecule is CC.Cc1ccc(N)c2ocnc12. The van der Waals surface area contributed by atoms with Gasteiger partial charge in [-0.15, -0.1) is 0 Å². The molecule has 1 heterocycles. The number of rotatable bonds is 0. The summed E-state index contributed by atoms with van der Waals surface area (Å²) in [5.74, 6) is 0. The second-order valence-corrected chi connectivity index (χ2v) is 2.50. The molecule has 0 aliphatic carbocycles. The first kappa shape index (κ1) is 9.58. The van der Waals surface area contributed by atoms with Crippen molar-refractivity contribution < 1.29 is 4.42 Å². The van der Waals surface area contributed by atoms with Gasteiger partial charge in [-0.1, -0.05) is 19.9 Å². The zero-order valence-corrected chi connectivity index (χ0v) is 8.16. The Hall–Kier alpha value is -1.51. The lowest BCUT2D eigenvalue weighted by molar-refractivity contribution is 0.603. The third-order valence-corrected chi connectivity index (χ3v) is 1.72. The molecular weight excluding hydrogens is 164 g/mol. The second kappa shape index (κ2) is 3.94. The Balaban J connectivity index is 0.000000396. The summed E-state index contributed by atoms with van der Waals surface area (Å²) in [4.78, 5) is 4.03. The van der Waals surface area contributed by atoms with Crippen LogP contribution in [0.15, 0.2) is 22.9 Å². The molecule has 0 fully saturated rings. The molecule has 1 aromatic carbocycles. The van der Waals surface area contributed by atoms with Crippen molar-refractivity contribution in [1.29, 1.82) is 0 Å². The predicted octanol–water partition coefficient (Wildman–Crippen LogP) is 2.74. The van der Waals surface area contributed by atoms with Crippen LogP contribution in [0.5, 0.6) is 0 Å². The highest BCUT2D eigenvalue weighted by atomic mass is 16.3. The van der Waals surface area contributed by atoms with Crippen molar-refractivity contribution in [1.82, 2.24) is 4.98 Å². The third kappa shape index (κ3) is 1.64. The van der Waals surface area contributed by atoms with E-state index in [0.717, 1.165) is 11.1 Å². The molecule has 0 amide bonds. The Labute approximate surface area is 77.6 Å². The number of nitrogens with two attached hydrogens (primary N) is 1. The number of anilines is 1. The first-order valence-corrected chi connectivity index (χ1v) is 4.37. The zero-order valence-electron chi connectivity index (χ0n) is 8.16. The Bertz CT molecular complexity index is 357. The Morgan fingerprint density at radius 2 is 2.00 bits per heavy atom. The molecule has 0 aliphatic heterocycles. The van der Waals surface area contributed by atoms with Gasteiger partial charge in [0.25, 0.3) is 0 Å². The predicted molar refractivity (Wildman–Crippen MR) is 54.5 cm³/mol. The molecule has 13 heavy (non-hydrogen) atoms. The van der Waals surface area contributed by atoms with E-state index in [2.05, 4.69) is 4.98 Å². The van der Waals surface area contributed by atoms with Crippen molar-refractivity contribution >= 4 is 16.8 Å². The summed E-state index contributed by atoms with van der Waals surface area (Å²) in [5, 5.41) is 0. The molecule has 0 atom stereocenters. The fourth-order valence-electron chi connectivity index (χ4n) is 1.10. The summed E-state index contributed by atoms with van der Waals surface area (Å²) in [6, 6.07) is 3.75. The lowest BCUT2D eigenvalue weighted by Crippen LogP contribution is -1.86. The van der Waals surface area contributed by atoms with E-state index in [-0.39, 0.29) is 0 Å². The molecule has 3 nitrogen and oxygen atoms in total. The molecule has 0 saturated carbocycles. The summed E-state index contributed by atoms with van der Waals surface area (Å²) in [6.07, 6.45) is 1.41. The van der Waals surface area contributed by atoms with Crippen molar-refractivity contribution in [2.45, 2.75) is 20.8 Å². The minimum atomic E-state index is 0.642. The molecule has 0 spiro atoms. The number of aryl methyl sites for hydroxylation is 1. The van der Waals surface area contributed by atoms with Crippen LogP contribution >= 0.6 is 0 Å². The van der Waals surface area contributed by atoms with Crippen LogP contribution in [0.2, 0.25) is 0 Å². The van der Waals surface area contributed by atoms with Crippen LogP contribution in [0.3, 0.4) is 0 Å². The van der Waals surface area contributed by atoms with Crippen LogP contribution < -0.4 is 5.73 Å². The molecule has 0 saturated heterocycles. The highest BCUT2D eigenvalue weighted by molar-refractivity contribution is 5.86. The fraction of sp³-hybridized carbons (Fsp3) is 0.300. The van der Waals surface area contributed by atoms with E-state index in [0.29, 0.717) is 11.3 Å². The van der Waals surface area contributed by atoms with E-state index < -0.39 is 0 Å². The van der Waals surface area contributed by atoms with Crippen molar-refractivity contribution in [3.8, 4) is 0 Å². The molecule has 2 aromatic rings. The van der Waals surface area contributed by atoms with Crippen LogP contribution in [0, 0.1) is 6.92 Å². The molecule has 70 valence electrons. The average molecular weight is 178 g/mol. The van der Waals surface area contributed by atoms with Gasteiger partial charge in [0.15, 0.2) is 12.0 Å². The minimum absolute atomic E-state index is 0.642. The molecule has 0 unspecified atom stereocenters. The van der Waals surface area contributed by atoms with E-state index in [1.165, 1.54) is 6.39 Å². The third-order valence-electron chi connectivity index (χ3n) is 1.72. The molecular formula is C10H14N2O. The highest BCUT2D eigenvalue weighted by Crippen LogP contribution is 2.22. The summed E-state index contributed by atoms with van der Waals surface area (Å²) in [5.41, 5.74) is 8.90. The molecule has 3 heteroatoms. The maximum Gasteiger partial charge on any atom is 0.182 e. The van der Waals surface area contributed by atoms with Gasteiger partial charge in [0.2, 0.25) is 0 Å². The number of aromatic nitrogens is 1. The molecule has 1 aromatic heterocycles. The summed E-state index contributed by atoms with van der Waals surface area (Å²) < 4.78 is 5.09. The van der Waals surface area contributed by atoms with Crippen LogP contribution in [0.25, 0.3) is 11.1 Å². The molecule has 0 radical (unpaired) electrons. The monoisotopic (exact) mass is 178 g/mol. The Morgan fingerprint density at radius 1 is 1.31 bits per heavy atom. The van der Waals surface area contributed by atoms with Crippen LogP contribution in [0.1, 0.15) is 19.4 Å². The molecule has 0 aliphatic rings. The fourth-order valence-corrected chi connectivity index (χ4v) is 1.10. The van der Waals surface area contributed by atoms with Crippen LogP contribution in [0.4, 0.5) is 5.69 Å². The highest BCUT2D eigenvalue weighted by Gasteiger charge is 2.03. The number of oxazole rings is 1. The first-order valence-electron chi connectivity index (χ1n) is 4.37. The lowest BCUT2D eigenvalue weighted by atomic mass is 10.2. The number of hydrogen-bond acceptors (Lipinski definition) is 3. The number of fused-ring (bicyclic) bond motifs is 1. The zero-order chi connectivity index (χ0) is 9.84. The second-order valence-electron chi connectivity index (χ2n) is 2.50. The number of hydrogen-bond donors (Lipinski definition) is 1. The van der Waals surface area contributed by atoms with Gasteiger partial charge in [0.1, 0.15) is 5.52 Å². The van der Waals surface area contributed by atoms with Crippen molar-refractivity contribution in [3.05, 3.63) is 24.1 Å². The first-order chi connectivity index (χ1) is 6.29. The number of benzene rings is 1. The molecule has 0 bridgehead atoms. The van der Waals surface area contributed by atoms with E-state index in [4.69, 9.17) is 10.2 Å². The van der Waals surface area contributed by atoms with Gasteiger partial charge in [0, 0.05) is 0 Å². The number of nitrogen functional groups attached to an aromatic ring is 1. The van der Waals surface area contributed by atoms with E-state index in [1.807, 2.05) is 32.9 Å². The van der Waals surface area contributed by atoms with E-state index >= 15 is 0 Å². The van der Waals surface area contributed by atoms with Gasteiger partial charge in [0.05, 0.1) is 5.69 Å². The van der Waals surface area contributed by atoms with Gasteiger partial charge in [-0.05, 0) is 18.6 Å². The quantitative estimate of drug-likeness (QED) is 0.631. The van der Waals surface area contributed by atoms with Crippen molar-refractivity contribution in [3.63, 3.8) is 0 Å². The van der Waals surface area contributed by atoms with Gasteiger partial charge in [-0.3, -0.25) is 0 Å². The summed E-state index contributed by atoms with van der Waals surface area (Å²) in [7, 11) is 0. The van der Waals surface area contributed by atoms with E-state index in [9.17, 15) is 0 Å². The minimum Gasteiger partial charge on any atom is -0.441 e. The normalized spacial score (nSPS) is 9.46. The summed E-state index contributed by atoms with van der Waals surface area (Å²) >= 11 is 0. The Morgan fingerprint density at radius 3 is 2.62 bits per heavy atom. The van der Waals surface area contributed by atoms with Gasteiger partial charge in [-0.2, -0.15) is 0 Å². The molecule has 2 N–H and O–H groups in total. The van der Waals surface area contributed by atoms with Crippen molar-refractivity contribution in [2.75, 3.05) is 5.73 Å². The topological polar surface area (TPSA) is 52.0 Å². The number of nitrogens with zero attached hydrogens (tertiary/aromatic N) is 1. The summed E-state index contributed by atoms with van der Waals surface area (Å²) in [6.45, 7) is 5.98. The molecule has 2 rings (SSSR count). The van der Waals surface area contributed by atoms with Crippen molar-refractivity contribution in [2.24, 2.45) is 0 Å². The smallest absolute Gasteiger partial charge is 0.182 e. The standard InChI is InChI=1S/C8H8N2O.C2H6/c1-5-2-3-6(9)8-7(5)10-4-11-8;1-2/h2-4H,9H2,1H3;1-2H3. The maximum absolute atomic E-state index is 5.64. The lowest BCUT2D eigenvalue weighted by Gasteiger charge is -1.95. The van der Waals surface area contributed by atoms with E-state index in [1.54, 1.807) is 0 Å². The van der Waals surface area contributed by atoms with Gasteiger partial charge >= 0.3 is 0 Å². The van der Waals surface area contributed by atoms with Crippen LogP contribution in [-0.2, 0) is 0 Å². The van der Waals surface area contributed by atoms with Gasteiger partial charge in [-0.25, -0.2) is 4.98 Å². The van der Waals surface area contributed by atoms with Gasteiger partial charge < -0.3 is 10.2 Å². The maximum atomic E-state index is 5.64. The van der Waals surface area contributed by atoms with Crippen LogP contribution in [-0.4, -0.2) is 4.98 Å². The largest absolute Gasteiger partial charge is 0.441 e. The Kier molecular flexibility index (Phi) is 2.90. The average Bonchev–Trinajstić information content (AvgIpc) is 2.64.